The summed E-state index contributed by atoms with van der Waals surface area (Å²) in [5.41, 5.74) is 0. The molecule has 0 aromatic carbocycles. The fraction of sp³-hybridized carbons (Fsp3) is 0.660. The summed E-state index contributed by atoms with van der Waals surface area (Å²) in [6.45, 7) is 6.17. The highest BCUT2D eigenvalue weighted by Gasteiger charge is 2.24. The summed E-state index contributed by atoms with van der Waals surface area (Å²) in [4.78, 5) is 26.1. The van der Waals surface area contributed by atoms with Crippen molar-refractivity contribution in [3.8, 4) is 0 Å². The molecule has 3 unspecified atom stereocenters. The van der Waals surface area contributed by atoms with E-state index in [1.165, 1.54) is 57.8 Å². The number of nitrogens with one attached hydrogen (secondary N) is 1. The summed E-state index contributed by atoms with van der Waals surface area (Å²) in [6.07, 6.45) is 60.3. The molecule has 6 nitrogen and oxygen atoms in total. The van der Waals surface area contributed by atoms with E-state index in [-0.39, 0.29) is 24.9 Å². The number of allylic oxidation sites excluding steroid dienone is 16. The van der Waals surface area contributed by atoms with Gasteiger partial charge in [0.1, 0.15) is 6.10 Å². The fourth-order valence-electron chi connectivity index (χ4n) is 6.74. The molecular formula is C53H89NO5. The van der Waals surface area contributed by atoms with Crippen molar-refractivity contribution in [3.05, 3.63) is 97.2 Å². The summed E-state index contributed by atoms with van der Waals surface area (Å²) < 4.78 is 5.89. The molecule has 6 heteroatoms. The smallest absolute Gasteiger partial charge is 0.306 e. The van der Waals surface area contributed by atoms with Gasteiger partial charge in [-0.3, -0.25) is 9.59 Å². The molecule has 0 saturated carbocycles. The van der Waals surface area contributed by atoms with Crippen LogP contribution in [-0.2, 0) is 14.3 Å². The maximum absolute atomic E-state index is 13.2. The Morgan fingerprint density at radius 1 is 0.508 bits per heavy atom. The van der Waals surface area contributed by atoms with Crippen LogP contribution >= 0.6 is 0 Å². The first-order chi connectivity index (χ1) is 29.0. The number of carbonyl (C=O) groups is 2. The van der Waals surface area contributed by atoms with E-state index < -0.39 is 18.2 Å². The lowest BCUT2D eigenvalue weighted by molar-refractivity contribution is -0.151. The van der Waals surface area contributed by atoms with E-state index in [4.69, 9.17) is 4.74 Å². The lowest BCUT2D eigenvalue weighted by Crippen LogP contribution is -2.46. The molecular weight excluding hydrogens is 731 g/mol. The van der Waals surface area contributed by atoms with Crippen LogP contribution in [0.1, 0.15) is 201 Å². The van der Waals surface area contributed by atoms with Crippen molar-refractivity contribution in [2.75, 3.05) is 6.61 Å². The Bertz CT molecular complexity index is 1190. The van der Waals surface area contributed by atoms with Crippen LogP contribution in [0.2, 0.25) is 0 Å². The number of aliphatic hydroxyl groups excluding tert-OH is 2. The standard InChI is InChI=1S/C53H89NO5/c1-4-7-10-13-16-19-22-25-26-28-31-34-37-40-43-46-53(58)59-49(44-41-38-35-32-29-27-23-20-17-14-11-8-5-2)47-52(57)54-50(48-55)51(56)45-42-39-36-33-30-24-21-18-15-12-9-6-3/h7-8,10-11,13-14,16-17,19-20,22-23,25-27,29,49-51,55-56H,4-6,9,12,15,18,21,24,28,30-48H2,1-3H3,(H,54,57)/b10-7+,11-8+,16-13+,17-14+,22-19+,23-20+,26-25-,29-27-. The first-order valence-corrected chi connectivity index (χ1v) is 24.1. The minimum Gasteiger partial charge on any atom is -0.462 e. The van der Waals surface area contributed by atoms with E-state index in [9.17, 15) is 19.8 Å². The van der Waals surface area contributed by atoms with E-state index in [1.807, 2.05) is 48.6 Å². The molecule has 0 aliphatic carbocycles. The number of unbranched alkanes of at least 4 members (excludes halogenated alkanes) is 19. The van der Waals surface area contributed by atoms with Crippen LogP contribution in [0.4, 0.5) is 0 Å². The van der Waals surface area contributed by atoms with E-state index >= 15 is 0 Å². The van der Waals surface area contributed by atoms with Crippen molar-refractivity contribution in [2.45, 2.75) is 219 Å². The van der Waals surface area contributed by atoms with E-state index in [1.54, 1.807) is 0 Å². The molecule has 0 rings (SSSR count). The summed E-state index contributed by atoms with van der Waals surface area (Å²) in [5, 5.41) is 23.7. The highest BCUT2D eigenvalue weighted by molar-refractivity contribution is 5.77. The van der Waals surface area contributed by atoms with Gasteiger partial charge in [0.25, 0.3) is 0 Å². The van der Waals surface area contributed by atoms with Gasteiger partial charge in [0.2, 0.25) is 5.91 Å². The zero-order chi connectivity index (χ0) is 43.1. The molecule has 0 bridgehead atoms. The highest BCUT2D eigenvalue weighted by atomic mass is 16.5. The van der Waals surface area contributed by atoms with Crippen LogP contribution < -0.4 is 5.32 Å². The Hall–Kier alpha value is -3.22. The van der Waals surface area contributed by atoms with E-state index in [2.05, 4.69) is 74.7 Å². The molecule has 1 amide bonds. The predicted molar refractivity (Wildman–Crippen MR) is 254 cm³/mol. The van der Waals surface area contributed by atoms with Crippen molar-refractivity contribution >= 4 is 11.9 Å². The van der Waals surface area contributed by atoms with Gasteiger partial charge in [-0.25, -0.2) is 0 Å². The van der Waals surface area contributed by atoms with Crippen LogP contribution in [-0.4, -0.2) is 46.9 Å². The van der Waals surface area contributed by atoms with Crippen molar-refractivity contribution in [2.24, 2.45) is 0 Å². The second-order valence-corrected chi connectivity index (χ2v) is 15.9. The van der Waals surface area contributed by atoms with Crippen LogP contribution in [0, 0.1) is 0 Å². The van der Waals surface area contributed by atoms with Crippen LogP contribution in [0.15, 0.2) is 97.2 Å². The average molecular weight is 820 g/mol. The van der Waals surface area contributed by atoms with Crippen molar-refractivity contribution in [1.29, 1.82) is 0 Å². The molecule has 0 fully saturated rings. The van der Waals surface area contributed by atoms with Gasteiger partial charge in [-0.2, -0.15) is 0 Å². The lowest BCUT2D eigenvalue weighted by atomic mass is 10.0. The van der Waals surface area contributed by atoms with Crippen LogP contribution in [0.5, 0.6) is 0 Å². The fourth-order valence-corrected chi connectivity index (χ4v) is 6.74. The third-order valence-electron chi connectivity index (χ3n) is 10.3. The van der Waals surface area contributed by atoms with Gasteiger partial charge >= 0.3 is 5.97 Å². The molecule has 3 N–H and O–H groups in total. The third kappa shape index (κ3) is 41.3. The maximum Gasteiger partial charge on any atom is 0.306 e. The number of carbonyl (C=O) groups excluding carboxylic acids is 2. The zero-order valence-electron chi connectivity index (χ0n) is 38.1. The van der Waals surface area contributed by atoms with Gasteiger partial charge in [0.05, 0.1) is 25.2 Å². The average Bonchev–Trinajstić information content (AvgIpc) is 3.23. The minimum atomic E-state index is -0.807. The quantitative estimate of drug-likeness (QED) is 0.0324. The maximum atomic E-state index is 13.2. The molecule has 0 spiro atoms. The van der Waals surface area contributed by atoms with Gasteiger partial charge in [-0.1, -0.05) is 221 Å². The molecule has 0 aromatic heterocycles. The van der Waals surface area contributed by atoms with Crippen molar-refractivity contribution in [3.63, 3.8) is 0 Å². The van der Waals surface area contributed by atoms with Crippen LogP contribution in [0.25, 0.3) is 0 Å². The van der Waals surface area contributed by atoms with Crippen molar-refractivity contribution in [1.82, 2.24) is 5.32 Å². The van der Waals surface area contributed by atoms with Gasteiger partial charge < -0.3 is 20.3 Å². The first-order valence-electron chi connectivity index (χ1n) is 24.1. The second kappa shape index (κ2) is 45.9. The Labute approximate surface area is 363 Å². The molecule has 0 aliphatic rings. The zero-order valence-corrected chi connectivity index (χ0v) is 38.1. The summed E-state index contributed by atoms with van der Waals surface area (Å²) in [6, 6.07) is -0.724. The molecule has 3 atom stereocenters. The largest absolute Gasteiger partial charge is 0.462 e. The molecule has 336 valence electrons. The van der Waals surface area contributed by atoms with E-state index in [0.717, 1.165) is 96.3 Å². The highest BCUT2D eigenvalue weighted by Crippen LogP contribution is 2.17. The molecule has 0 aliphatic heterocycles. The Balaban J connectivity index is 4.72. The second-order valence-electron chi connectivity index (χ2n) is 15.9. The topological polar surface area (TPSA) is 95.9 Å². The Morgan fingerprint density at radius 2 is 0.915 bits per heavy atom. The lowest BCUT2D eigenvalue weighted by Gasteiger charge is -2.24. The Morgan fingerprint density at radius 3 is 1.41 bits per heavy atom. The van der Waals surface area contributed by atoms with Crippen molar-refractivity contribution < 1.29 is 24.5 Å². The molecule has 0 radical (unpaired) electrons. The van der Waals surface area contributed by atoms with Gasteiger partial charge in [0.15, 0.2) is 0 Å². The number of ether oxygens (including phenoxy) is 1. The number of rotatable bonds is 41. The number of hydrogen-bond donors (Lipinski definition) is 3. The van der Waals surface area contributed by atoms with Crippen LogP contribution in [0.3, 0.4) is 0 Å². The van der Waals surface area contributed by atoms with Gasteiger partial charge in [-0.15, -0.1) is 0 Å². The molecule has 0 aromatic rings. The SMILES string of the molecule is CC/C=C/C=C/C=C/C=C\CCCCCCCC(=O)OC(CCCCC\C=C/C=C/C=C/C=C/CC)CC(=O)NC(CO)C(O)CCCCCCCCCCCCCC. The van der Waals surface area contributed by atoms with E-state index in [0.29, 0.717) is 19.3 Å². The minimum absolute atomic E-state index is 0.0358. The molecule has 59 heavy (non-hydrogen) atoms. The number of amides is 1. The Kier molecular flexibility index (Phi) is 43.4. The summed E-state index contributed by atoms with van der Waals surface area (Å²) in [7, 11) is 0. The number of esters is 1. The number of aliphatic hydroxyl groups is 2. The molecule has 0 saturated heterocycles. The monoisotopic (exact) mass is 820 g/mol. The number of hydrogen-bond acceptors (Lipinski definition) is 5. The third-order valence-corrected chi connectivity index (χ3v) is 10.3. The normalized spacial score (nSPS) is 14.2. The molecule has 0 heterocycles. The predicted octanol–water partition coefficient (Wildman–Crippen LogP) is 14.2. The first kappa shape index (κ1) is 55.8. The summed E-state index contributed by atoms with van der Waals surface area (Å²) >= 11 is 0. The van der Waals surface area contributed by atoms with Gasteiger partial charge in [0, 0.05) is 6.42 Å². The summed E-state index contributed by atoms with van der Waals surface area (Å²) in [5.74, 6) is -0.550. The van der Waals surface area contributed by atoms with Gasteiger partial charge in [-0.05, 0) is 64.2 Å².